The lowest BCUT2D eigenvalue weighted by molar-refractivity contribution is -0.140. The quantitative estimate of drug-likeness (QED) is 0.506. The fraction of sp³-hybridized carbons (Fsp3) is 0.636. The molecule has 0 fully saturated rings. The number of methoxy groups -OCH3 is 1. The third-order valence-corrected chi connectivity index (χ3v) is 1.99. The van der Waals surface area contributed by atoms with Crippen molar-refractivity contribution in [3.8, 4) is 0 Å². The van der Waals surface area contributed by atoms with Gasteiger partial charge in [-0.15, -0.1) is 6.58 Å². The van der Waals surface area contributed by atoms with Gasteiger partial charge in [0.1, 0.15) is 0 Å². The molecule has 0 aromatic heterocycles. The first-order valence-corrected chi connectivity index (χ1v) is 5.49. The number of hydrogen-bond donors (Lipinski definition) is 3. The van der Waals surface area contributed by atoms with Crippen molar-refractivity contribution >= 4 is 12.0 Å². The summed E-state index contributed by atoms with van der Waals surface area (Å²) in [5, 5.41) is 13.6. The van der Waals surface area contributed by atoms with E-state index < -0.39 is 18.0 Å². The molecule has 2 unspecified atom stereocenters. The molecule has 0 rings (SSSR count). The molecular weight excluding hydrogens is 240 g/mol. The third kappa shape index (κ3) is 7.64. The maximum absolute atomic E-state index is 11.4. The number of hydrogen-bond acceptors (Lipinski definition) is 4. The molecule has 0 aromatic rings. The van der Waals surface area contributed by atoms with E-state index in [0.717, 1.165) is 0 Å². The Hall–Kier alpha value is -1.60. The van der Waals surface area contributed by atoms with Gasteiger partial charge in [-0.1, -0.05) is 6.08 Å². The van der Waals surface area contributed by atoms with E-state index in [9.17, 15) is 9.59 Å². The molecule has 104 valence electrons. The molecule has 0 saturated carbocycles. The van der Waals surface area contributed by atoms with Gasteiger partial charge in [0.2, 0.25) is 0 Å². The highest BCUT2D eigenvalue weighted by molar-refractivity contribution is 5.82. The lowest BCUT2D eigenvalue weighted by Gasteiger charge is -2.16. The Morgan fingerprint density at radius 3 is 2.67 bits per heavy atom. The van der Waals surface area contributed by atoms with E-state index in [0.29, 0.717) is 6.61 Å². The second-order valence-electron chi connectivity index (χ2n) is 3.63. The van der Waals surface area contributed by atoms with Crippen LogP contribution in [0.3, 0.4) is 0 Å². The van der Waals surface area contributed by atoms with Crippen molar-refractivity contribution in [2.75, 3.05) is 26.9 Å². The number of amides is 2. The molecule has 0 aliphatic heterocycles. The van der Waals surface area contributed by atoms with Gasteiger partial charge in [0, 0.05) is 13.7 Å². The van der Waals surface area contributed by atoms with Crippen molar-refractivity contribution in [1.82, 2.24) is 10.6 Å². The van der Waals surface area contributed by atoms with Crippen molar-refractivity contribution < 1.29 is 24.2 Å². The summed E-state index contributed by atoms with van der Waals surface area (Å²) in [6.07, 6.45) is 1.43. The molecule has 0 aliphatic carbocycles. The lowest BCUT2D eigenvalue weighted by Crippen LogP contribution is -2.49. The van der Waals surface area contributed by atoms with E-state index in [2.05, 4.69) is 21.9 Å². The van der Waals surface area contributed by atoms with E-state index in [4.69, 9.17) is 9.84 Å². The molecule has 0 heterocycles. The Morgan fingerprint density at radius 2 is 2.17 bits per heavy atom. The average Bonchev–Trinajstić information content (AvgIpc) is 2.33. The van der Waals surface area contributed by atoms with E-state index >= 15 is 0 Å². The van der Waals surface area contributed by atoms with Gasteiger partial charge in [0.15, 0.2) is 6.04 Å². The number of rotatable bonds is 9. The topological polar surface area (TPSA) is 96.9 Å². The minimum absolute atomic E-state index is 0.0920. The van der Waals surface area contributed by atoms with Crippen LogP contribution in [-0.2, 0) is 14.3 Å². The van der Waals surface area contributed by atoms with E-state index in [1.807, 2.05) is 0 Å². The zero-order valence-corrected chi connectivity index (χ0v) is 10.6. The van der Waals surface area contributed by atoms with Crippen LogP contribution in [0.2, 0.25) is 0 Å². The second kappa shape index (κ2) is 9.43. The summed E-state index contributed by atoms with van der Waals surface area (Å²) in [5.74, 6) is -1.15. The normalized spacial score (nSPS) is 13.4. The van der Waals surface area contributed by atoms with Crippen LogP contribution >= 0.6 is 0 Å². The number of urea groups is 1. The number of carboxylic acid groups (broad SMARTS) is 1. The summed E-state index contributed by atoms with van der Waals surface area (Å²) in [6.45, 7) is 5.87. The Balaban J connectivity index is 3.94. The zero-order chi connectivity index (χ0) is 14.0. The molecule has 7 nitrogen and oxygen atoms in total. The van der Waals surface area contributed by atoms with Gasteiger partial charge in [-0.05, 0) is 6.92 Å². The summed E-state index contributed by atoms with van der Waals surface area (Å²) in [7, 11) is 1.36. The maximum atomic E-state index is 11.4. The van der Waals surface area contributed by atoms with Crippen LogP contribution in [-0.4, -0.2) is 56.1 Å². The highest BCUT2D eigenvalue weighted by atomic mass is 16.5. The largest absolute Gasteiger partial charge is 0.480 e. The van der Waals surface area contributed by atoms with Crippen LogP contribution in [0.1, 0.15) is 6.92 Å². The molecule has 0 radical (unpaired) electrons. The SMILES string of the molecule is C=CCOC(C)CNC(=O)NC(COC)C(=O)O. The van der Waals surface area contributed by atoms with Crippen LogP contribution < -0.4 is 10.6 Å². The lowest BCUT2D eigenvalue weighted by atomic mass is 10.3. The predicted molar refractivity (Wildman–Crippen MR) is 65.4 cm³/mol. The number of carbonyl (C=O) groups is 2. The van der Waals surface area contributed by atoms with Crippen molar-refractivity contribution in [3.63, 3.8) is 0 Å². The van der Waals surface area contributed by atoms with Crippen LogP contribution in [0.15, 0.2) is 12.7 Å². The summed E-state index contributed by atoms with van der Waals surface area (Å²) < 4.78 is 9.93. The van der Waals surface area contributed by atoms with Gasteiger partial charge in [-0.25, -0.2) is 9.59 Å². The molecule has 0 aromatic carbocycles. The highest BCUT2D eigenvalue weighted by Crippen LogP contribution is 1.89. The van der Waals surface area contributed by atoms with Crippen LogP contribution in [0, 0.1) is 0 Å². The highest BCUT2D eigenvalue weighted by Gasteiger charge is 2.19. The first-order valence-electron chi connectivity index (χ1n) is 5.49. The Labute approximate surface area is 106 Å². The molecule has 2 atom stereocenters. The first kappa shape index (κ1) is 16.4. The molecule has 0 aliphatic rings. The number of nitrogens with one attached hydrogen (secondary N) is 2. The van der Waals surface area contributed by atoms with E-state index in [-0.39, 0.29) is 19.3 Å². The smallest absolute Gasteiger partial charge is 0.328 e. The zero-order valence-electron chi connectivity index (χ0n) is 10.6. The first-order chi connectivity index (χ1) is 8.51. The monoisotopic (exact) mass is 260 g/mol. The number of carboxylic acids is 1. The number of ether oxygens (including phenoxy) is 2. The molecule has 0 bridgehead atoms. The van der Waals surface area contributed by atoms with Crippen LogP contribution in [0.5, 0.6) is 0 Å². The third-order valence-electron chi connectivity index (χ3n) is 1.99. The molecule has 0 spiro atoms. The van der Waals surface area contributed by atoms with E-state index in [1.165, 1.54) is 7.11 Å². The van der Waals surface area contributed by atoms with Gasteiger partial charge >= 0.3 is 12.0 Å². The predicted octanol–water partition coefficient (Wildman–Crippen LogP) is -0.0237. The van der Waals surface area contributed by atoms with Gasteiger partial charge < -0.3 is 25.2 Å². The van der Waals surface area contributed by atoms with Gasteiger partial charge in [0.25, 0.3) is 0 Å². The molecule has 18 heavy (non-hydrogen) atoms. The van der Waals surface area contributed by atoms with E-state index in [1.54, 1.807) is 13.0 Å². The second-order valence-corrected chi connectivity index (χ2v) is 3.63. The summed E-state index contributed by atoms with van der Waals surface area (Å²) in [6, 6.07) is -1.65. The molecular formula is C11H20N2O5. The Kier molecular flexibility index (Phi) is 8.59. The summed E-state index contributed by atoms with van der Waals surface area (Å²) in [4.78, 5) is 22.1. The number of carbonyl (C=O) groups excluding carboxylic acids is 1. The average molecular weight is 260 g/mol. The molecule has 3 N–H and O–H groups in total. The fourth-order valence-electron chi connectivity index (χ4n) is 1.08. The van der Waals surface area contributed by atoms with Gasteiger partial charge in [0.05, 0.1) is 19.3 Å². The summed E-state index contributed by atoms with van der Waals surface area (Å²) >= 11 is 0. The van der Waals surface area contributed by atoms with Crippen molar-refractivity contribution in [2.24, 2.45) is 0 Å². The minimum Gasteiger partial charge on any atom is -0.480 e. The molecule has 0 saturated heterocycles. The van der Waals surface area contributed by atoms with Crippen LogP contribution in [0.25, 0.3) is 0 Å². The fourth-order valence-corrected chi connectivity index (χ4v) is 1.08. The van der Waals surface area contributed by atoms with Crippen LogP contribution in [0.4, 0.5) is 4.79 Å². The van der Waals surface area contributed by atoms with Gasteiger partial charge in [-0.2, -0.15) is 0 Å². The maximum Gasteiger partial charge on any atom is 0.328 e. The Morgan fingerprint density at radius 1 is 1.50 bits per heavy atom. The molecule has 7 heteroatoms. The molecule has 2 amide bonds. The van der Waals surface area contributed by atoms with Gasteiger partial charge in [-0.3, -0.25) is 0 Å². The Bertz CT molecular complexity index is 283. The standard InChI is InChI=1S/C11H20N2O5/c1-4-5-18-8(2)6-12-11(16)13-9(7-17-3)10(14)15/h4,8-9H,1,5-7H2,2-3H3,(H,14,15)(H2,12,13,16). The van der Waals surface area contributed by atoms with Crippen molar-refractivity contribution in [3.05, 3.63) is 12.7 Å². The number of aliphatic carboxylic acids is 1. The minimum atomic E-state index is -1.15. The van der Waals surface area contributed by atoms with Crippen molar-refractivity contribution in [2.45, 2.75) is 19.1 Å². The summed E-state index contributed by atoms with van der Waals surface area (Å²) in [5.41, 5.74) is 0. The van der Waals surface area contributed by atoms with Crippen molar-refractivity contribution in [1.29, 1.82) is 0 Å².